The Bertz CT molecular complexity index is 1800. The molecular weight excluding hydrogens is 597 g/mol. The Morgan fingerprint density at radius 2 is 1.81 bits per heavy atom. The lowest BCUT2D eigenvalue weighted by Gasteiger charge is -2.30. The lowest BCUT2D eigenvalue weighted by atomic mass is 9.97. The Hall–Kier alpha value is -3.61. The number of hydrogen-bond donors (Lipinski definition) is 1. The Kier molecular flexibility index (Phi) is 8.10. The molecule has 43 heavy (non-hydrogen) atoms. The van der Waals surface area contributed by atoms with Crippen LogP contribution in [0.2, 0.25) is 0 Å². The Morgan fingerprint density at radius 1 is 1.05 bits per heavy atom. The number of piperidine rings is 1. The number of hydrogen-bond acceptors (Lipinski definition) is 7. The van der Waals surface area contributed by atoms with Gasteiger partial charge in [-0.05, 0) is 80.7 Å². The molecule has 2 aliphatic rings. The van der Waals surface area contributed by atoms with Crippen LogP contribution in [0.15, 0.2) is 59.6 Å². The number of carbonyl (C=O) groups excluding carboxylic acids is 1. The third-order valence-corrected chi connectivity index (χ3v) is 10.8. The van der Waals surface area contributed by atoms with Crippen LogP contribution in [0.4, 0.5) is 19.0 Å². The second-order valence-corrected chi connectivity index (χ2v) is 14.0. The highest BCUT2D eigenvalue weighted by Crippen LogP contribution is 2.44. The van der Waals surface area contributed by atoms with E-state index in [-0.39, 0.29) is 23.0 Å². The molecular formula is C31H29F3N4O3S2. The lowest BCUT2D eigenvalue weighted by Crippen LogP contribution is -2.34. The van der Waals surface area contributed by atoms with E-state index in [1.807, 2.05) is 0 Å². The number of nitrogens with one attached hydrogen (secondary N) is 1. The van der Waals surface area contributed by atoms with E-state index >= 15 is 4.39 Å². The fraction of sp³-hybridized carbons (Fsp3) is 0.323. The quantitative estimate of drug-likeness (QED) is 0.238. The van der Waals surface area contributed by atoms with Crippen molar-refractivity contribution < 1.29 is 26.4 Å². The summed E-state index contributed by atoms with van der Waals surface area (Å²) in [5, 5.41) is 3.53. The van der Waals surface area contributed by atoms with E-state index < -0.39 is 37.9 Å². The van der Waals surface area contributed by atoms with Gasteiger partial charge >= 0.3 is 0 Å². The van der Waals surface area contributed by atoms with Gasteiger partial charge in [0.25, 0.3) is 0 Å². The highest BCUT2D eigenvalue weighted by atomic mass is 32.2. The molecule has 1 amide bonds. The van der Waals surface area contributed by atoms with Crippen LogP contribution in [-0.2, 0) is 20.4 Å². The number of amides is 1. The van der Waals surface area contributed by atoms with Gasteiger partial charge in [-0.2, -0.15) is 0 Å². The Balaban J connectivity index is 1.39. The summed E-state index contributed by atoms with van der Waals surface area (Å²) in [4.78, 5) is 23.1. The van der Waals surface area contributed by atoms with Crippen LogP contribution < -0.4 is 5.32 Å². The fourth-order valence-electron chi connectivity index (χ4n) is 5.53. The summed E-state index contributed by atoms with van der Waals surface area (Å²) >= 11 is 1.45. The third kappa shape index (κ3) is 6.36. The van der Waals surface area contributed by atoms with Crippen LogP contribution in [0.5, 0.6) is 0 Å². The van der Waals surface area contributed by atoms with Crippen molar-refractivity contribution in [3.63, 3.8) is 0 Å². The molecule has 0 radical (unpaired) electrons. The minimum absolute atomic E-state index is 0.0956. The first-order valence-corrected chi connectivity index (χ1v) is 16.5. The second-order valence-electron chi connectivity index (χ2n) is 11.0. The molecule has 1 aliphatic heterocycles. The molecule has 1 saturated heterocycles. The first-order valence-electron chi connectivity index (χ1n) is 14.0. The summed E-state index contributed by atoms with van der Waals surface area (Å²) in [6.45, 7) is 3.32. The average Bonchev–Trinajstić information content (AvgIpc) is 3.73. The number of halogens is 3. The predicted octanol–water partition coefficient (Wildman–Crippen LogP) is 6.56. The van der Waals surface area contributed by atoms with Crippen LogP contribution in [-0.4, -0.2) is 48.3 Å². The van der Waals surface area contributed by atoms with Crippen molar-refractivity contribution >= 4 is 32.9 Å². The number of benzene rings is 2. The van der Waals surface area contributed by atoms with E-state index in [2.05, 4.69) is 15.2 Å². The maximum atomic E-state index is 16.2. The molecule has 0 spiro atoms. The van der Waals surface area contributed by atoms with Gasteiger partial charge in [0.05, 0.1) is 21.3 Å². The van der Waals surface area contributed by atoms with Crippen molar-refractivity contribution in [3.8, 4) is 21.7 Å². The predicted molar refractivity (Wildman–Crippen MR) is 159 cm³/mol. The van der Waals surface area contributed by atoms with E-state index in [0.29, 0.717) is 34.1 Å². The number of rotatable bonds is 8. The normalized spacial score (nSPS) is 16.4. The van der Waals surface area contributed by atoms with Crippen molar-refractivity contribution in [1.82, 2.24) is 14.9 Å². The van der Waals surface area contributed by atoms with E-state index in [9.17, 15) is 22.0 Å². The van der Waals surface area contributed by atoms with Gasteiger partial charge in [0.2, 0.25) is 5.91 Å². The molecule has 3 heterocycles. The van der Waals surface area contributed by atoms with Gasteiger partial charge in [-0.15, -0.1) is 11.3 Å². The molecule has 4 aromatic rings. The minimum Gasteiger partial charge on any atom is -0.311 e. The summed E-state index contributed by atoms with van der Waals surface area (Å²) < 4.78 is 70.4. The zero-order valence-electron chi connectivity index (χ0n) is 23.3. The zero-order valence-corrected chi connectivity index (χ0v) is 25.0. The van der Waals surface area contributed by atoms with E-state index in [1.54, 1.807) is 18.3 Å². The third-order valence-electron chi connectivity index (χ3n) is 7.82. The molecule has 224 valence electrons. The van der Waals surface area contributed by atoms with Crippen LogP contribution in [0.3, 0.4) is 0 Å². The second kappa shape index (κ2) is 11.8. The van der Waals surface area contributed by atoms with Crippen LogP contribution in [0.1, 0.15) is 49.1 Å². The number of thiazole rings is 1. The molecule has 1 saturated carbocycles. The summed E-state index contributed by atoms with van der Waals surface area (Å²) in [7, 11) is -4.41. The van der Waals surface area contributed by atoms with Crippen LogP contribution in [0.25, 0.3) is 21.7 Å². The fourth-order valence-corrected chi connectivity index (χ4v) is 8.22. The first-order chi connectivity index (χ1) is 20.6. The average molecular weight is 627 g/mol. The van der Waals surface area contributed by atoms with Gasteiger partial charge in [0.15, 0.2) is 9.84 Å². The molecule has 2 aromatic carbocycles. The summed E-state index contributed by atoms with van der Waals surface area (Å²) in [6.07, 6.45) is 5.88. The first kappa shape index (κ1) is 29.5. The molecule has 1 aliphatic carbocycles. The number of sulfone groups is 1. The van der Waals surface area contributed by atoms with Crippen molar-refractivity contribution in [2.24, 2.45) is 0 Å². The Morgan fingerprint density at radius 3 is 2.53 bits per heavy atom. The minimum atomic E-state index is -4.41. The topological polar surface area (TPSA) is 92.3 Å². The smallest absolute Gasteiger partial charge is 0.222 e. The summed E-state index contributed by atoms with van der Waals surface area (Å²) in [5.74, 6) is -3.45. The van der Waals surface area contributed by atoms with E-state index in [0.717, 1.165) is 43.1 Å². The molecule has 1 N–H and O–H groups in total. The van der Waals surface area contributed by atoms with Gasteiger partial charge in [0, 0.05) is 36.2 Å². The molecule has 0 bridgehead atoms. The van der Waals surface area contributed by atoms with Gasteiger partial charge in [0.1, 0.15) is 28.2 Å². The Labute approximate surface area is 251 Å². The van der Waals surface area contributed by atoms with Crippen LogP contribution in [0, 0.1) is 17.5 Å². The molecule has 7 nitrogen and oxygen atoms in total. The standard InChI is InChI=1S/C31H29F3N4O3S2/c1-18(39)36-27-15-20(9-12-35-27)30-29(37-31(42-30)19-10-13-38(14-11-19)23-6-7-23)24-4-2-3-21(28(24)34)17-43(40,41)26-16-22(32)5-8-25(26)33/h2-5,8-9,12,15-16,19,23H,6-7,10-11,13-14,17H2,1H3,(H,35,36,39). The van der Waals surface area contributed by atoms with E-state index in [4.69, 9.17) is 4.98 Å². The molecule has 12 heteroatoms. The zero-order chi connectivity index (χ0) is 30.3. The van der Waals surface area contributed by atoms with Gasteiger partial charge in [-0.3, -0.25) is 4.79 Å². The summed E-state index contributed by atoms with van der Waals surface area (Å²) in [5.41, 5.74) is 0.928. The van der Waals surface area contributed by atoms with Crippen molar-refractivity contribution in [2.45, 2.75) is 55.2 Å². The lowest BCUT2D eigenvalue weighted by molar-refractivity contribution is -0.114. The number of nitrogens with zero attached hydrogens (tertiary/aromatic N) is 3. The van der Waals surface area contributed by atoms with Crippen molar-refractivity contribution in [1.29, 1.82) is 0 Å². The van der Waals surface area contributed by atoms with Gasteiger partial charge < -0.3 is 10.2 Å². The number of likely N-dealkylation sites (tertiary alicyclic amines) is 1. The highest BCUT2D eigenvalue weighted by molar-refractivity contribution is 7.90. The van der Waals surface area contributed by atoms with Crippen LogP contribution >= 0.6 is 11.3 Å². The number of anilines is 1. The highest BCUT2D eigenvalue weighted by Gasteiger charge is 2.34. The number of carbonyl (C=O) groups is 1. The largest absolute Gasteiger partial charge is 0.311 e. The van der Waals surface area contributed by atoms with Crippen molar-refractivity contribution in [3.05, 3.63) is 82.8 Å². The molecule has 0 unspecified atom stereocenters. The molecule has 2 aromatic heterocycles. The maximum Gasteiger partial charge on any atom is 0.222 e. The molecule has 2 fully saturated rings. The SMILES string of the molecule is CC(=O)Nc1cc(-c2sc(C3CCN(C4CC4)CC3)nc2-c2cccc(CS(=O)(=O)c3cc(F)ccc3F)c2F)ccn1. The van der Waals surface area contributed by atoms with E-state index in [1.165, 1.54) is 49.3 Å². The number of aromatic nitrogens is 2. The maximum absolute atomic E-state index is 16.2. The molecule has 0 atom stereocenters. The van der Waals surface area contributed by atoms with Gasteiger partial charge in [-0.25, -0.2) is 31.6 Å². The van der Waals surface area contributed by atoms with Gasteiger partial charge in [-0.1, -0.05) is 12.1 Å². The molecule has 6 rings (SSSR count). The number of pyridine rings is 1. The monoisotopic (exact) mass is 626 g/mol. The van der Waals surface area contributed by atoms with Crippen molar-refractivity contribution in [2.75, 3.05) is 18.4 Å². The summed E-state index contributed by atoms with van der Waals surface area (Å²) in [6, 6.07) is 10.6.